The second kappa shape index (κ2) is 78.3. The first-order valence-corrected chi connectivity index (χ1v) is 39.1. The van der Waals surface area contributed by atoms with Crippen LogP contribution in [0.4, 0.5) is 0 Å². The number of hydrogen-bond donors (Lipinski definition) is 1. The number of allylic oxidation sites excluding steroid dienone is 14. The van der Waals surface area contributed by atoms with E-state index in [4.69, 9.17) is 9.47 Å². The monoisotopic (exact) mass is 1230 g/mol. The van der Waals surface area contributed by atoms with E-state index in [1.807, 2.05) is 0 Å². The Morgan fingerprint density at radius 1 is 0.273 bits per heavy atom. The summed E-state index contributed by atoms with van der Waals surface area (Å²) in [6.07, 6.45) is 111. The molecule has 0 aromatic rings. The minimum Gasteiger partial charge on any atom is -0.462 e. The number of carbonyl (C=O) groups excluding carboxylic acids is 2. The fourth-order valence-corrected chi connectivity index (χ4v) is 11.9. The highest BCUT2D eigenvalue weighted by atomic mass is 16.6. The van der Waals surface area contributed by atoms with E-state index in [2.05, 4.69) is 98.9 Å². The summed E-state index contributed by atoms with van der Waals surface area (Å²) in [7, 11) is 0. The minimum atomic E-state index is -0.773. The van der Waals surface area contributed by atoms with E-state index in [1.54, 1.807) is 0 Å². The van der Waals surface area contributed by atoms with Gasteiger partial charge in [-0.15, -0.1) is 0 Å². The van der Waals surface area contributed by atoms with Crippen LogP contribution in [-0.4, -0.2) is 36.4 Å². The summed E-state index contributed by atoms with van der Waals surface area (Å²) in [5.74, 6) is -0.568. The normalized spacial score (nSPS) is 12.6. The van der Waals surface area contributed by atoms with Crippen molar-refractivity contribution in [3.8, 4) is 0 Å². The zero-order chi connectivity index (χ0) is 63.3. The Labute approximate surface area is 549 Å². The molecule has 0 aliphatic rings. The molecule has 0 bridgehead atoms. The predicted molar refractivity (Wildman–Crippen MR) is 390 cm³/mol. The Bertz CT molecular complexity index is 1580. The van der Waals surface area contributed by atoms with Gasteiger partial charge in [0.25, 0.3) is 0 Å². The van der Waals surface area contributed by atoms with Crippen LogP contribution >= 0.6 is 0 Å². The van der Waals surface area contributed by atoms with Crippen LogP contribution in [0.25, 0.3) is 0 Å². The highest BCUT2D eigenvalue weighted by molar-refractivity contribution is 5.70. The fraction of sp³-hybridized carbons (Fsp3) is 0.807. The van der Waals surface area contributed by atoms with Crippen LogP contribution in [0.5, 0.6) is 0 Å². The molecular weight excluding hydrogens is 1080 g/mol. The molecule has 0 fully saturated rings. The number of carbonyl (C=O) groups is 2. The van der Waals surface area contributed by atoms with Gasteiger partial charge in [-0.05, 0) is 89.9 Å². The second-order valence-electron chi connectivity index (χ2n) is 26.4. The van der Waals surface area contributed by atoms with Crippen LogP contribution in [0.1, 0.15) is 412 Å². The topological polar surface area (TPSA) is 72.8 Å². The zero-order valence-electron chi connectivity index (χ0n) is 59.0. The molecule has 1 atom stereocenters. The van der Waals surface area contributed by atoms with Crippen molar-refractivity contribution in [3.63, 3.8) is 0 Å². The number of hydrogen-bond acceptors (Lipinski definition) is 5. The largest absolute Gasteiger partial charge is 0.462 e. The van der Waals surface area contributed by atoms with Crippen molar-refractivity contribution in [2.45, 2.75) is 418 Å². The van der Waals surface area contributed by atoms with E-state index < -0.39 is 6.10 Å². The van der Waals surface area contributed by atoms with E-state index in [-0.39, 0.29) is 25.2 Å². The van der Waals surface area contributed by atoms with Crippen LogP contribution in [0.2, 0.25) is 0 Å². The number of unbranched alkanes of at least 4 members (excludes halogenated alkanes) is 51. The number of aliphatic hydroxyl groups excluding tert-OH is 1. The second-order valence-corrected chi connectivity index (χ2v) is 26.4. The highest BCUT2D eigenvalue weighted by Gasteiger charge is 2.16. The Kier molecular flexibility index (Phi) is 75.7. The highest BCUT2D eigenvalue weighted by Crippen LogP contribution is 2.19. The molecule has 0 heterocycles. The molecule has 0 aliphatic carbocycles. The molecule has 0 aliphatic heterocycles. The molecule has 0 saturated carbocycles. The van der Waals surface area contributed by atoms with Gasteiger partial charge < -0.3 is 14.6 Å². The van der Waals surface area contributed by atoms with Gasteiger partial charge in [0.15, 0.2) is 6.10 Å². The standard InChI is InChI=1S/C83H150O5/c1-3-5-7-9-11-13-15-17-19-21-23-25-27-29-31-33-35-37-38-39-40-41-42-43-44-46-48-50-52-54-56-58-60-62-64-66-68-70-72-74-76-78-83(86)88-81(79-84)80-87-82(85)77-75-73-71-69-67-65-63-61-59-57-55-53-51-49-47-45-36-34-32-30-28-26-24-22-20-18-16-14-12-10-8-6-4-2/h5,7,11,13,16-19,22-25,28,30,81,84H,3-4,6,8-10,12,14-15,20-21,26-27,29,31-80H2,1-2H3/b7-5-,13-11-,18-16-,19-17-,24-22-,25-23-,30-28-. The van der Waals surface area contributed by atoms with Gasteiger partial charge in [0.2, 0.25) is 0 Å². The van der Waals surface area contributed by atoms with Crippen LogP contribution in [-0.2, 0) is 19.1 Å². The van der Waals surface area contributed by atoms with Crippen molar-refractivity contribution in [2.24, 2.45) is 0 Å². The third-order valence-corrected chi connectivity index (χ3v) is 17.7. The molecule has 5 nitrogen and oxygen atoms in total. The summed E-state index contributed by atoms with van der Waals surface area (Å²) in [5, 5.41) is 9.73. The molecule has 0 spiro atoms. The molecule has 1 unspecified atom stereocenters. The number of rotatable bonds is 73. The van der Waals surface area contributed by atoms with Crippen molar-refractivity contribution >= 4 is 11.9 Å². The third kappa shape index (κ3) is 75.5. The minimum absolute atomic E-state index is 0.0617. The Balaban J connectivity index is 3.38. The average molecular weight is 1230 g/mol. The van der Waals surface area contributed by atoms with Crippen molar-refractivity contribution in [3.05, 3.63) is 85.1 Å². The maximum Gasteiger partial charge on any atom is 0.306 e. The van der Waals surface area contributed by atoms with E-state index in [0.29, 0.717) is 12.8 Å². The Hall–Kier alpha value is -2.92. The predicted octanol–water partition coefficient (Wildman–Crippen LogP) is 27.6. The molecule has 0 radical (unpaired) electrons. The van der Waals surface area contributed by atoms with E-state index in [1.165, 1.54) is 308 Å². The van der Waals surface area contributed by atoms with Gasteiger partial charge in [0.05, 0.1) is 6.61 Å². The zero-order valence-corrected chi connectivity index (χ0v) is 59.0. The number of ether oxygens (including phenoxy) is 2. The molecule has 0 aromatic heterocycles. The molecule has 0 rings (SSSR count). The maximum atomic E-state index is 12.4. The van der Waals surface area contributed by atoms with Gasteiger partial charge in [-0.3, -0.25) is 9.59 Å². The Morgan fingerprint density at radius 2 is 0.489 bits per heavy atom. The van der Waals surface area contributed by atoms with Crippen molar-refractivity contribution in [1.82, 2.24) is 0 Å². The van der Waals surface area contributed by atoms with Gasteiger partial charge in [0, 0.05) is 12.8 Å². The van der Waals surface area contributed by atoms with E-state index in [9.17, 15) is 14.7 Å². The lowest BCUT2D eigenvalue weighted by Crippen LogP contribution is -2.28. The van der Waals surface area contributed by atoms with Gasteiger partial charge in [-0.1, -0.05) is 394 Å². The summed E-state index contributed by atoms with van der Waals surface area (Å²) in [5.41, 5.74) is 0. The summed E-state index contributed by atoms with van der Waals surface area (Å²) in [6.45, 7) is 4.07. The lowest BCUT2D eigenvalue weighted by atomic mass is 10.0. The van der Waals surface area contributed by atoms with Crippen molar-refractivity contribution < 1.29 is 24.2 Å². The SMILES string of the molecule is CC/C=C\C/C=C\C/C=C\C/C=C\CCCCCCCCCCCCCCCCCCCCCCCCCCCCCCC(=O)OC(CO)COC(=O)CCCCCCCCCCCCCCCCCCCC/C=C\C/C=C\C/C=C\CCCCCCC. The lowest BCUT2D eigenvalue weighted by Gasteiger charge is -2.15. The molecular formula is C83H150O5. The van der Waals surface area contributed by atoms with Crippen LogP contribution < -0.4 is 0 Å². The van der Waals surface area contributed by atoms with E-state index in [0.717, 1.165) is 77.0 Å². The first-order valence-electron chi connectivity index (χ1n) is 39.1. The van der Waals surface area contributed by atoms with Gasteiger partial charge in [0.1, 0.15) is 6.61 Å². The molecule has 0 saturated heterocycles. The van der Waals surface area contributed by atoms with Crippen LogP contribution in [0.15, 0.2) is 85.1 Å². The summed E-state index contributed by atoms with van der Waals surface area (Å²) in [6, 6.07) is 0. The number of aliphatic hydroxyl groups is 1. The fourth-order valence-electron chi connectivity index (χ4n) is 11.9. The summed E-state index contributed by atoms with van der Waals surface area (Å²) in [4.78, 5) is 24.7. The lowest BCUT2D eigenvalue weighted by molar-refractivity contribution is -0.161. The summed E-state index contributed by atoms with van der Waals surface area (Å²) < 4.78 is 10.8. The van der Waals surface area contributed by atoms with E-state index >= 15 is 0 Å². The first-order chi connectivity index (χ1) is 43.6. The van der Waals surface area contributed by atoms with Gasteiger partial charge in [-0.2, -0.15) is 0 Å². The quantitative estimate of drug-likeness (QED) is 0.0373. The third-order valence-electron chi connectivity index (χ3n) is 17.7. The van der Waals surface area contributed by atoms with Crippen LogP contribution in [0.3, 0.4) is 0 Å². The Morgan fingerprint density at radius 3 is 0.739 bits per heavy atom. The van der Waals surface area contributed by atoms with Gasteiger partial charge in [-0.25, -0.2) is 0 Å². The number of esters is 2. The molecule has 0 aromatic carbocycles. The molecule has 88 heavy (non-hydrogen) atoms. The molecule has 5 heteroatoms. The molecule has 512 valence electrons. The average Bonchev–Trinajstić information content (AvgIpc) is 3.56. The first kappa shape index (κ1) is 85.1. The molecule has 1 N–H and O–H groups in total. The van der Waals surface area contributed by atoms with Crippen molar-refractivity contribution in [1.29, 1.82) is 0 Å². The summed E-state index contributed by atoms with van der Waals surface area (Å²) >= 11 is 0. The van der Waals surface area contributed by atoms with Crippen molar-refractivity contribution in [2.75, 3.05) is 13.2 Å². The molecule has 0 amide bonds. The smallest absolute Gasteiger partial charge is 0.306 e. The maximum absolute atomic E-state index is 12.4. The van der Waals surface area contributed by atoms with Crippen LogP contribution in [0, 0.1) is 0 Å². The van der Waals surface area contributed by atoms with Gasteiger partial charge >= 0.3 is 11.9 Å².